The van der Waals surface area contributed by atoms with Gasteiger partial charge in [-0.3, -0.25) is 14.4 Å². The van der Waals surface area contributed by atoms with Crippen molar-refractivity contribution in [1.29, 1.82) is 0 Å². The summed E-state index contributed by atoms with van der Waals surface area (Å²) in [7, 11) is 3.23. The number of carbonyl (C=O) groups excluding carboxylic acids is 3. The Hall–Kier alpha value is -5.75. The number of ketones is 1. The van der Waals surface area contributed by atoms with E-state index in [1.54, 1.807) is 14.2 Å². The van der Waals surface area contributed by atoms with Crippen LogP contribution in [0.5, 0.6) is 11.5 Å². The molecule has 1 saturated carbocycles. The molecule has 6 heteroatoms. The van der Waals surface area contributed by atoms with Crippen LogP contribution in [-0.4, -0.2) is 31.8 Å². The Labute approximate surface area is 285 Å². The summed E-state index contributed by atoms with van der Waals surface area (Å²) < 4.78 is 11.1. The lowest BCUT2D eigenvalue weighted by Gasteiger charge is -2.39. The number of hydrogen-bond donors (Lipinski definition) is 0. The van der Waals surface area contributed by atoms with Crippen molar-refractivity contribution in [3.05, 3.63) is 161 Å². The fourth-order valence-electron chi connectivity index (χ4n) is 8.76. The molecule has 1 heterocycles. The van der Waals surface area contributed by atoms with Gasteiger partial charge >= 0.3 is 0 Å². The fourth-order valence-corrected chi connectivity index (χ4v) is 8.76. The van der Waals surface area contributed by atoms with Crippen LogP contribution in [0.1, 0.15) is 33.4 Å². The quantitative estimate of drug-likeness (QED) is 0.171. The largest absolute Gasteiger partial charge is 0.497 e. The molecule has 3 aliphatic rings. The standard InChI is InChI=1S/C43H35NO5/c1-26-15-20-32(25-27(26)2)44-39(45)37-38(40(44)46)43(31-13-9-6-10-14-31)36(29-18-23-34(49-4)24-19-29)35(28-16-21-33(48-3)22-17-28)42(37,41(43)47)30-11-7-5-8-12-30/h5-25,37-38H,1-4H3/t37-,38-,42-,43-/m1/s1. The summed E-state index contributed by atoms with van der Waals surface area (Å²) in [6.45, 7) is 3.97. The first-order valence-electron chi connectivity index (χ1n) is 16.4. The van der Waals surface area contributed by atoms with Crippen molar-refractivity contribution in [1.82, 2.24) is 0 Å². The van der Waals surface area contributed by atoms with E-state index in [9.17, 15) is 0 Å². The number of rotatable bonds is 7. The van der Waals surface area contributed by atoms with Gasteiger partial charge in [0, 0.05) is 0 Å². The predicted molar refractivity (Wildman–Crippen MR) is 189 cm³/mol. The number of carbonyl (C=O) groups is 3. The minimum absolute atomic E-state index is 0.162. The average Bonchev–Trinajstić information content (AvgIpc) is 3.65. The summed E-state index contributed by atoms with van der Waals surface area (Å²) in [4.78, 5) is 47.8. The highest BCUT2D eigenvalue weighted by molar-refractivity contribution is 6.39. The Morgan fingerprint density at radius 3 is 1.35 bits per heavy atom. The third-order valence-corrected chi connectivity index (χ3v) is 11.0. The van der Waals surface area contributed by atoms with Crippen LogP contribution in [0.25, 0.3) is 11.1 Å². The minimum Gasteiger partial charge on any atom is -0.497 e. The number of Topliss-reactive ketones (excluding diaryl/α,β-unsaturated/α-hetero) is 1. The van der Waals surface area contributed by atoms with Gasteiger partial charge in [-0.1, -0.05) is 91.0 Å². The topological polar surface area (TPSA) is 72.9 Å². The molecule has 2 aliphatic carbocycles. The molecular formula is C43H35NO5. The van der Waals surface area contributed by atoms with Gasteiger partial charge in [-0.05, 0) is 94.8 Å². The Bertz CT molecular complexity index is 2040. The first-order valence-corrected chi connectivity index (χ1v) is 16.4. The monoisotopic (exact) mass is 645 g/mol. The maximum absolute atomic E-state index is 16.1. The van der Waals surface area contributed by atoms with Gasteiger partial charge in [-0.15, -0.1) is 0 Å². The average molecular weight is 646 g/mol. The maximum Gasteiger partial charge on any atom is 0.239 e. The molecule has 6 nitrogen and oxygen atoms in total. The number of allylic oxidation sites excluding steroid dienone is 2. The van der Waals surface area contributed by atoms with E-state index in [1.165, 1.54) is 4.90 Å². The van der Waals surface area contributed by atoms with Crippen LogP contribution in [0, 0.1) is 25.7 Å². The summed E-state index contributed by atoms with van der Waals surface area (Å²) in [5.74, 6) is -1.54. The minimum atomic E-state index is -1.48. The molecule has 2 bridgehead atoms. The van der Waals surface area contributed by atoms with Crippen molar-refractivity contribution in [2.75, 3.05) is 19.1 Å². The highest BCUT2D eigenvalue weighted by Crippen LogP contribution is 2.74. The highest BCUT2D eigenvalue weighted by Gasteiger charge is 2.82. The molecule has 2 amide bonds. The number of amides is 2. The molecule has 0 aromatic heterocycles. The lowest BCUT2D eigenvalue weighted by atomic mass is 9.59. The molecule has 5 aromatic carbocycles. The van der Waals surface area contributed by atoms with Crippen LogP contribution in [0.15, 0.2) is 127 Å². The van der Waals surface area contributed by atoms with Crippen molar-refractivity contribution in [3.63, 3.8) is 0 Å². The van der Waals surface area contributed by atoms with E-state index in [2.05, 4.69) is 0 Å². The molecule has 0 unspecified atom stereocenters. The summed E-state index contributed by atoms with van der Waals surface area (Å²) in [5, 5.41) is 0. The molecule has 2 fully saturated rings. The van der Waals surface area contributed by atoms with E-state index in [-0.39, 0.29) is 17.6 Å². The lowest BCUT2D eigenvalue weighted by Crippen LogP contribution is -2.45. The van der Waals surface area contributed by atoms with E-state index in [0.717, 1.165) is 33.4 Å². The van der Waals surface area contributed by atoms with Gasteiger partial charge in [0.05, 0.1) is 42.6 Å². The highest BCUT2D eigenvalue weighted by atomic mass is 16.5. The normalized spacial score (nSPS) is 24.1. The van der Waals surface area contributed by atoms with Gasteiger partial charge in [-0.2, -0.15) is 0 Å². The van der Waals surface area contributed by atoms with Crippen LogP contribution in [0.2, 0.25) is 0 Å². The van der Waals surface area contributed by atoms with Crippen molar-refractivity contribution in [3.8, 4) is 11.5 Å². The van der Waals surface area contributed by atoms with Gasteiger partial charge < -0.3 is 9.47 Å². The Morgan fingerprint density at radius 2 is 0.959 bits per heavy atom. The molecule has 0 spiro atoms. The number of anilines is 1. The van der Waals surface area contributed by atoms with Gasteiger partial charge in [0.15, 0.2) is 5.78 Å². The number of benzene rings is 5. The molecule has 0 N–H and O–H groups in total. The van der Waals surface area contributed by atoms with Crippen molar-refractivity contribution < 1.29 is 23.9 Å². The maximum atomic E-state index is 16.1. The van der Waals surface area contributed by atoms with Crippen molar-refractivity contribution in [2.24, 2.45) is 11.8 Å². The zero-order valence-corrected chi connectivity index (χ0v) is 27.8. The van der Waals surface area contributed by atoms with E-state index < -0.39 is 22.7 Å². The molecule has 242 valence electrons. The number of fused-ring (bicyclic) bond motifs is 5. The summed E-state index contributed by atoms with van der Waals surface area (Å²) in [6.07, 6.45) is 0. The third-order valence-electron chi connectivity index (χ3n) is 11.0. The first-order chi connectivity index (χ1) is 23.8. The lowest BCUT2D eigenvalue weighted by molar-refractivity contribution is -0.130. The third kappa shape index (κ3) is 3.97. The Balaban J connectivity index is 1.54. The summed E-state index contributed by atoms with van der Waals surface area (Å²) in [5.41, 5.74) is 3.98. The van der Waals surface area contributed by atoms with E-state index in [4.69, 9.17) is 9.47 Å². The zero-order chi connectivity index (χ0) is 34.1. The SMILES string of the molecule is COc1ccc(C2=C(c3ccc(OC)cc3)[C@@]3(c4ccccc4)C(=O)[C@@]2(c2ccccc2)[C@H]2C(=O)N(c4ccc(C)c(C)c4)C(=O)[C@@H]23)cc1. The van der Waals surface area contributed by atoms with E-state index in [1.807, 2.05) is 141 Å². The van der Waals surface area contributed by atoms with Crippen molar-refractivity contribution >= 4 is 34.4 Å². The van der Waals surface area contributed by atoms with E-state index in [0.29, 0.717) is 28.3 Å². The first kappa shape index (κ1) is 30.6. The van der Waals surface area contributed by atoms with Gasteiger partial charge in [0.1, 0.15) is 11.5 Å². The smallest absolute Gasteiger partial charge is 0.239 e. The number of ether oxygens (including phenoxy) is 2. The molecule has 5 aromatic rings. The predicted octanol–water partition coefficient (Wildman–Crippen LogP) is 7.51. The molecule has 1 aliphatic heterocycles. The molecule has 4 atom stereocenters. The number of nitrogens with zero attached hydrogens (tertiary/aromatic N) is 1. The number of aryl methyl sites for hydroxylation is 2. The second-order valence-electron chi connectivity index (χ2n) is 13.1. The number of imide groups is 1. The van der Waals surface area contributed by atoms with Gasteiger partial charge in [-0.25, -0.2) is 4.90 Å². The molecule has 49 heavy (non-hydrogen) atoms. The zero-order valence-electron chi connectivity index (χ0n) is 27.8. The molecule has 8 rings (SSSR count). The fraction of sp³-hybridized carbons (Fsp3) is 0.186. The molecule has 0 radical (unpaired) electrons. The van der Waals surface area contributed by atoms with Crippen LogP contribution in [-0.2, 0) is 25.2 Å². The van der Waals surface area contributed by atoms with Crippen molar-refractivity contribution in [2.45, 2.75) is 24.7 Å². The second-order valence-corrected chi connectivity index (χ2v) is 13.1. The van der Waals surface area contributed by atoms with Gasteiger partial charge in [0.2, 0.25) is 11.8 Å². The van der Waals surface area contributed by atoms with E-state index >= 15 is 14.4 Å². The summed E-state index contributed by atoms with van der Waals surface area (Å²) in [6, 6.07) is 40.0. The van der Waals surface area contributed by atoms with Crippen LogP contribution < -0.4 is 14.4 Å². The summed E-state index contributed by atoms with van der Waals surface area (Å²) >= 11 is 0. The van der Waals surface area contributed by atoms with Crippen LogP contribution >= 0.6 is 0 Å². The van der Waals surface area contributed by atoms with Crippen LogP contribution in [0.4, 0.5) is 5.69 Å². The molecule has 1 saturated heterocycles. The molecular weight excluding hydrogens is 610 g/mol. The Morgan fingerprint density at radius 1 is 0.531 bits per heavy atom. The number of methoxy groups -OCH3 is 2. The second kappa shape index (κ2) is 11.2. The number of hydrogen-bond acceptors (Lipinski definition) is 5. The van der Waals surface area contributed by atoms with Gasteiger partial charge in [0.25, 0.3) is 0 Å². The Kier molecular flexibility index (Phi) is 6.97. The van der Waals surface area contributed by atoms with Crippen LogP contribution in [0.3, 0.4) is 0 Å².